The van der Waals surface area contributed by atoms with Gasteiger partial charge in [0.05, 0.1) is 0 Å². The van der Waals surface area contributed by atoms with Crippen molar-refractivity contribution in [2.75, 3.05) is 0 Å². The summed E-state index contributed by atoms with van der Waals surface area (Å²) in [5.74, 6) is 1.48. The van der Waals surface area contributed by atoms with Crippen molar-refractivity contribution >= 4 is 10.8 Å². The third kappa shape index (κ3) is 3.08. The molecule has 0 aliphatic heterocycles. The van der Waals surface area contributed by atoms with E-state index in [0.717, 1.165) is 5.75 Å². The van der Waals surface area contributed by atoms with E-state index in [1.165, 1.54) is 21.9 Å². The number of rotatable bonds is 4. The van der Waals surface area contributed by atoms with Crippen LogP contribution in [0.5, 0.6) is 5.75 Å². The van der Waals surface area contributed by atoms with Gasteiger partial charge >= 0.3 is 0 Å². The molecule has 0 saturated carbocycles. The molecule has 3 aromatic rings. The lowest BCUT2D eigenvalue weighted by atomic mass is 10.0. The van der Waals surface area contributed by atoms with Gasteiger partial charge in [-0.15, -0.1) is 0 Å². The Hall–Kier alpha value is -2.28. The van der Waals surface area contributed by atoms with Crippen molar-refractivity contribution in [1.82, 2.24) is 0 Å². The average Bonchev–Trinajstić information content (AvgIpc) is 2.53. The highest BCUT2D eigenvalue weighted by Gasteiger charge is 2.03. The lowest BCUT2D eigenvalue weighted by Crippen LogP contribution is -1.97. The van der Waals surface area contributed by atoms with Crippen LogP contribution in [0.4, 0.5) is 0 Å². The lowest BCUT2D eigenvalue weighted by molar-refractivity contribution is 0.307. The summed E-state index contributed by atoms with van der Waals surface area (Å²) in [6.07, 6.45) is 0. The molecule has 0 saturated heterocycles. The van der Waals surface area contributed by atoms with Crippen LogP contribution >= 0.6 is 0 Å². The molecule has 21 heavy (non-hydrogen) atoms. The van der Waals surface area contributed by atoms with Gasteiger partial charge in [0.15, 0.2) is 0 Å². The predicted octanol–water partition coefficient (Wildman–Crippen LogP) is 5.54. The summed E-state index contributed by atoms with van der Waals surface area (Å²) in [5, 5.41) is 2.52. The zero-order valence-electron chi connectivity index (χ0n) is 12.5. The van der Waals surface area contributed by atoms with E-state index in [4.69, 9.17) is 4.74 Å². The van der Waals surface area contributed by atoms with E-state index < -0.39 is 0 Å². The van der Waals surface area contributed by atoms with Gasteiger partial charge in [-0.25, -0.2) is 0 Å². The molecule has 106 valence electrons. The maximum atomic E-state index is 5.93. The summed E-state index contributed by atoms with van der Waals surface area (Å²) in [7, 11) is 0. The number of benzene rings is 3. The van der Waals surface area contributed by atoms with E-state index in [-0.39, 0.29) is 0 Å². The molecular formula is C20H20O. The number of hydrogen-bond acceptors (Lipinski definition) is 1. The molecule has 0 N–H and O–H groups in total. The minimum Gasteiger partial charge on any atom is -0.489 e. The van der Waals surface area contributed by atoms with E-state index in [1.807, 2.05) is 0 Å². The highest BCUT2D eigenvalue weighted by Crippen LogP contribution is 2.22. The molecule has 0 aromatic heterocycles. The molecule has 0 unspecified atom stereocenters. The van der Waals surface area contributed by atoms with E-state index in [1.54, 1.807) is 0 Å². The fraction of sp³-hybridized carbons (Fsp3) is 0.200. The average molecular weight is 276 g/mol. The smallest absolute Gasteiger partial charge is 0.119 e. The first-order chi connectivity index (χ1) is 10.2. The summed E-state index contributed by atoms with van der Waals surface area (Å²) in [5.41, 5.74) is 2.56. The minimum absolute atomic E-state index is 0.553. The number of fused-ring (bicyclic) bond motifs is 1. The standard InChI is InChI=1S/C20H20O/c1-15(2)16-10-12-19(13-11-16)21-14-18-8-5-7-17-6-3-4-9-20(17)18/h3-13,15H,14H2,1-2H3. The highest BCUT2D eigenvalue weighted by molar-refractivity contribution is 5.85. The Bertz CT molecular complexity index is 721. The first-order valence-corrected chi connectivity index (χ1v) is 7.43. The fourth-order valence-corrected chi connectivity index (χ4v) is 2.53. The quantitative estimate of drug-likeness (QED) is 0.607. The van der Waals surface area contributed by atoms with Gasteiger partial charge in [-0.3, -0.25) is 0 Å². The Labute approximate surface area is 126 Å². The monoisotopic (exact) mass is 276 g/mol. The first kappa shape index (κ1) is 13.7. The minimum atomic E-state index is 0.553. The summed E-state index contributed by atoms with van der Waals surface area (Å²) >= 11 is 0. The molecule has 0 spiro atoms. The van der Waals surface area contributed by atoms with Gasteiger partial charge in [-0.1, -0.05) is 68.4 Å². The molecule has 0 radical (unpaired) electrons. The van der Waals surface area contributed by atoms with Crippen LogP contribution in [0.2, 0.25) is 0 Å². The second kappa shape index (κ2) is 6.01. The van der Waals surface area contributed by atoms with Crippen molar-refractivity contribution in [3.8, 4) is 5.75 Å². The van der Waals surface area contributed by atoms with Crippen molar-refractivity contribution < 1.29 is 4.74 Å². The second-order valence-electron chi connectivity index (χ2n) is 5.65. The molecule has 0 atom stereocenters. The Balaban J connectivity index is 1.77. The van der Waals surface area contributed by atoms with Crippen LogP contribution in [-0.2, 0) is 6.61 Å². The lowest BCUT2D eigenvalue weighted by Gasteiger charge is -2.10. The van der Waals surface area contributed by atoms with Crippen LogP contribution in [0, 0.1) is 0 Å². The van der Waals surface area contributed by atoms with E-state index in [2.05, 4.69) is 80.6 Å². The van der Waals surface area contributed by atoms with Crippen molar-refractivity contribution in [1.29, 1.82) is 0 Å². The summed E-state index contributed by atoms with van der Waals surface area (Å²) < 4.78 is 5.93. The van der Waals surface area contributed by atoms with Crippen molar-refractivity contribution in [2.45, 2.75) is 26.4 Å². The normalized spacial score (nSPS) is 11.0. The van der Waals surface area contributed by atoms with Gasteiger partial charge in [0.25, 0.3) is 0 Å². The van der Waals surface area contributed by atoms with Crippen molar-refractivity contribution in [3.05, 3.63) is 77.9 Å². The van der Waals surface area contributed by atoms with E-state index in [9.17, 15) is 0 Å². The first-order valence-electron chi connectivity index (χ1n) is 7.43. The summed E-state index contributed by atoms with van der Waals surface area (Å²) in [4.78, 5) is 0. The molecule has 3 aromatic carbocycles. The fourth-order valence-electron chi connectivity index (χ4n) is 2.53. The zero-order valence-corrected chi connectivity index (χ0v) is 12.5. The molecule has 1 heteroatoms. The maximum Gasteiger partial charge on any atom is 0.119 e. The molecule has 0 aliphatic rings. The molecular weight excluding hydrogens is 256 g/mol. The van der Waals surface area contributed by atoms with Crippen LogP contribution in [0.1, 0.15) is 30.9 Å². The summed E-state index contributed by atoms with van der Waals surface area (Å²) in [6.45, 7) is 5.00. The predicted molar refractivity (Wildman–Crippen MR) is 88.8 cm³/mol. The third-order valence-electron chi connectivity index (χ3n) is 3.82. The van der Waals surface area contributed by atoms with Crippen LogP contribution < -0.4 is 4.74 Å². The van der Waals surface area contributed by atoms with Crippen LogP contribution in [0.25, 0.3) is 10.8 Å². The second-order valence-corrected chi connectivity index (χ2v) is 5.65. The molecule has 0 aliphatic carbocycles. The Morgan fingerprint density at radius 3 is 2.29 bits per heavy atom. The maximum absolute atomic E-state index is 5.93. The van der Waals surface area contributed by atoms with Gasteiger partial charge in [-0.05, 0) is 39.9 Å². The van der Waals surface area contributed by atoms with Crippen LogP contribution in [0.15, 0.2) is 66.7 Å². The Morgan fingerprint density at radius 2 is 1.52 bits per heavy atom. The van der Waals surface area contributed by atoms with Crippen LogP contribution in [-0.4, -0.2) is 0 Å². The number of hydrogen-bond donors (Lipinski definition) is 0. The van der Waals surface area contributed by atoms with E-state index >= 15 is 0 Å². The zero-order chi connectivity index (χ0) is 14.7. The largest absolute Gasteiger partial charge is 0.489 e. The molecule has 1 nitrogen and oxygen atoms in total. The van der Waals surface area contributed by atoms with Gasteiger partial charge in [0, 0.05) is 0 Å². The molecule has 0 heterocycles. The number of ether oxygens (including phenoxy) is 1. The third-order valence-corrected chi connectivity index (χ3v) is 3.82. The topological polar surface area (TPSA) is 9.23 Å². The van der Waals surface area contributed by atoms with Crippen molar-refractivity contribution in [3.63, 3.8) is 0 Å². The van der Waals surface area contributed by atoms with E-state index in [0.29, 0.717) is 12.5 Å². The van der Waals surface area contributed by atoms with Crippen molar-refractivity contribution in [2.24, 2.45) is 0 Å². The molecule has 3 rings (SSSR count). The molecule has 0 fully saturated rings. The van der Waals surface area contributed by atoms with Gasteiger partial charge in [-0.2, -0.15) is 0 Å². The Morgan fingerprint density at radius 1 is 0.810 bits per heavy atom. The summed E-state index contributed by atoms with van der Waals surface area (Å²) in [6, 6.07) is 23.2. The molecule has 0 amide bonds. The van der Waals surface area contributed by atoms with Gasteiger partial charge < -0.3 is 4.74 Å². The van der Waals surface area contributed by atoms with Crippen LogP contribution in [0.3, 0.4) is 0 Å². The van der Waals surface area contributed by atoms with Gasteiger partial charge in [0.1, 0.15) is 12.4 Å². The van der Waals surface area contributed by atoms with Gasteiger partial charge in [0.2, 0.25) is 0 Å². The SMILES string of the molecule is CC(C)c1ccc(OCc2cccc3ccccc23)cc1. The molecule has 0 bridgehead atoms. The Kier molecular flexibility index (Phi) is 3.92. The highest BCUT2D eigenvalue weighted by atomic mass is 16.5.